The zero-order valence-electron chi connectivity index (χ0n) is 13.7. The van der Waals surface area contributed by atoms with Crippen LogP contribution in [-0.4, -0.2) is 25.6 Å². The number of hydrogen-bond donors (Lipinski definition) is 1. The fourth-order valence-electron chi connectivity index (χ4n) is 2.43. The van der Waals surface area contributed by atoms with Crippen molar-refractivity contribution < 1.29 is 9.72 Å². The molecule has 3 aromatic rings. The molecule has 3 rings (SSSR count). The highest BCUT2D eigenvalue weighted by Gasteiger charge is 2.18. The lowest BCUT2D eigenvalue weighted by atomic mass is 10.2. The first-order valence-corrected chi connectivity index (χ1v) is 8.04. The van der Waals surface area contributed by atoms with Gasteiger partial charge in [-0.15, -0.1) is 5.10 Å². The van der Waals surface area contributed by atoms with Gasteiger partial charge in [-0.1, -0.05) is 41.9 Å². The third-order valence-electron chi connectivity index (χ3n) is 3.68. The number of nitro groups is 1. The minimum absolute atomic E-state index is 0.00430. The molecule has 0 aliphatic rings. The summed E-state index contributed by atoms with van der Waals surface area (Å²) in [6.45, 7) is 1.70. The Morgan fingerprint density at radius 3 is 2.65 bits per heavy atom. The van der Waals surface area contributed by atoms with Crippen LogP contribution in [0.5, 0.6) is 0 Å². The van der Waals surface area contributed by atoms with E-state index in [0.29, 0.717) is 22.1 Å². The number of nitrogens with one attached hydrogen (secondary N) is 1. The van der Waals surface area contributed by atoms with E-state index in [2.05, 4.69) is 15.4 Å². The molecule has 0 spiro atoms. The third-order valence-corrected chi connectivity index (χ3v) is 4.00. The molecule has 9 heteroatoms. The highest BCUT2D eigenvalue weighted by atomic mass is 35.5. The maximum atomic E-state index is 12.3. The largest absolute Gasteiger partial charge is 0.345 e. The molecule has 0 unspecified atom stereocenters. The van der Waals surface area contributed by atoms with Gasteiger partial charge in [-0.05, 0) is 19.1 Å². The topological polar surface area (TPSA) is 103 Å². The van der Waals surface area contributed by atoms with Gasteiger partial charge < -0.3 is 5.32 Å². The number of nitrogens with zero attached hydrogens (tertiary/aromatic N) is 4. The zero-order chi connectivity index (χ0) is 18.7. The van der Waals surface area contributed by atoms with Crippen LogP contribution in [0.2, 0.25) is 5.02 Å². The van der Waals surface area contributed by atoms with Crippen LogP contribution in [0.3, 0.4) is 0 Å². The lowest BCUT2D eigenvalue weighted by Crippen LogP contribution is -2.24. The number of aromatic nitrogens is 3. The van der Waals surface area contributed by atoms with Crippen LogP contribution >= 0.6 is 11.6 Å². The van der Waals surface area contributed by atoms with Crippen LogP contribution in [0.15, 0.2) is 48.5 Å². The molecule has 1 N–H and O–H groups in total. The Labute approximate surface area is 153 Å². The van der Waals surface area contributed by atoms with Crippen molar-refractivity contribution >= 4 is 23.2 Å². The van der Waals surface area contributed by atoms with Crippen LogP contribution in [0.4, 0.5) is 5.69 Å². The van der Waals surface area contributed by atoms with Gasteiger partial charge in [0.2, 0.25) is 5.82 Å². The maximum Gasteiger partial charge on any atom is 0.291 e. The van der Waals surface area contributed by atoms with Gasteiger partial charge >= 0.3 is 0 Å². The minimum atomic E-state index is -0.531. The molecule has 0 saturated carbocycles. The molecule has 0 aliphatic heterocycles. The van der Waals surface area contributed by atoms with Crippen molar-refractivity contribution in [1.82, 2.24) is 20.1 Å². The number of amides is 1. The fraction of sp³-hybridized carbons (Fsp3) is 0.118. The van der Waals surface area contributed by atoms with Crippen LogP contribution in [0.25, 0.3) is 5.69 Å². The number of carbonyl (C=O) groups excluding carboxylic acids is 1. The SMILES string of the molecule is Cc1nc(C(=O)NCc2ccccc2[N+](=O)[O-])nn1-c1ccccc1Cl. The van der Waals surface area contributed by atoms with Crippen molar-refractivity contribution in [3.05, 3.63) is 80.9 Å². The van der Waals surface area contributed by atoms with E-state index in [0.717, 1.165) is 0 Å². The van der Waals surface area contributed by atoms with Crippen molar-refractivity contribution in [3.63, 3.8) is 0 Å². The number of carbonyl (C=O) groups is 1. The maximum absolute atomic E-state index is 12.3. The molecule has 0 fully saturated rings. The molecule has 1 aromatic heterocycles. The number of para-hydroxylation sites is 2. The molecular weight excluding hydrogens is 358 g/mol. The molecule has 0 aliphatic carbocycles. The van der Waals surface area contributed by atoms with Gasteiger partial charge in [0.25, 0.3) is 11.6 Å². The van der Waals surface area contributed by atoms with Crippen molar-refractivity contribution in [2.24, 2.45) is 0 Å². The zero-order valence-corrected chi connectivity index (χ0v) is 14.5. The Balaban J connectivity index is 1.79. The summed E-state index contributed by atoms with van der Waals surface area (Å²) in [6.07, 6.45) is 0. The van der Waals surface area contributed by atoms with Gasteiger partial charge in [-0.3, -0.25) is 14.9 Å². The van der Waals surface area contributed by atoms with Gasteiger partial charge in [-0.2, -0.15) is 0 Å². The van der Waals surface area contributed by atoms with Crippen LogP contribution in [0.1, 0.15) is 22.0 Å². The van der Waals surface area contributed by atoms with E-state index in [9.17, 15) is 14.9 Å². The summed E-state index contributed by atoms with van der Waals surface area (Å²) >= 11 is 6.15. The lowest BCUT2D eigenvalue weighted by molar-refractivity contribution is -0.385. The molecule has 8 nitrogen and oxygen atoms in total. The van der Waals surface area contributed by atoms with Gasteiger partial charge in [0.05, 0.1) is 15.6 Å². The molecule has 1 heterocycles. The van der Waals surface area contributed by atoms with Crippen LogP contribution in [-0.2, 0) is 6.54 Å². The predicted molar refractivity (Wildman–Crippen MR) is 95.4 cm³/mol. The Kier molecular flexibility index (Phi) is 4.94. The van der Waals surface area contributed by atoms with Crippen molar-refractivity contribution in [1.29, 1.82) is 0 Å². The molecule has 26 heavy (non-hydrogen) atoms. The summed E-state index contributed by atoms with van der Waals surface area (Å²) < 4.78 is 1.47. The Morgan fingerprint density at radius 2 is 1.92 bits per heavy atom. The standard InChI is InChI=1S/C17H14ClN5O3/c1-11-20-16(21-22(11)15-9-5-3-7-13(15)18)17(24)19-10-12-6-2-4-8-14(12)23(25)26/h2-9H,10H2,1H3,(H,19,24). The second kappa shape index (κ2) is 7.32. The number of aryl methyl sites for hydroxylation is 1. The Bertz CT molecular complexity index is 986. The van der Waals surface area contributed by atoms with E-state index < -0.39 is 10.8 Å². The molecule has 0 saturated heterocycles. The molecule has 1 amide bonds. The molecular formula is C17H14ClN5O3. The highest BCUT2D eigenvalue weighted by molar-refractivity contribution is 6.32. The first-order chi connectivity index (χ1) is 12.5. The second-order valence-electron chi connectivity index (χ2n) is 5.41. The summed E-state index contributed by atoms with van der Waals surface area (Å²) in [5, 5.41) is 18.3. The number of halogens is 1. The van der Waals surface area contributed by atoms with Crippen molar-refractivity contribution in [2.75, 3.05) is 0 Å². The van der Waals surface area contributed by atoms with Gasteiger partial charge in [-0.25, -0.2) is 9.67 Å². The lowest BCUT2D eigenvalue weighted by Gasteiger charge is -2.05. The Morgan fingerprint density at radius 1 is 1.23 bits per heavy atom. The van der Waals surface area contributed by atoms with Crippen LogP contribution < -0.4 is 5.32 Å². The average molecular weight is 372 g/mol. The average Bonchev–Trinajstić information content (AvgIpc) is 3.02. The number of hydrogen-bond acceptors (Lipinski definition) is 5. The van der Waals surface area contributed by atoms with E-state index in [1.54, 1.807) is 49.4 Å². The first kappa shape index (κ1) is 17.6. The van der Waals surface area contributed by atoms with Gasteiger partial charge in [0.15, 0.2) is 0 Å². The fourth-order valence-corrected chi connectivity index (χ4v) is 2.65. The summed E-state index contributed by atoms with van der Waals surface area (Å²) in [6, 6.07) is 13.3. The van der Waals surface area contributed by atoms with E-state index >= 15 is 0 Å². The Hall–Kier alpha value is -3.26. The van der Waals surface area contributed by atoms with E-state index in [4.69, 9.17) is 11.6 Å². The molecule has 0 bridgehead atoms. The first-order valence-electron chi connectivity index (χ1n) is 7.66. The van der Waals surface area contributed by atoms with E-state index in [1.807, 2.05) is 0 Å². The molecule has 0 atom stereocenters. The summed E-state index contributed by atoms with van der Waals surface area (Å²) in [7, 11) is 0. The number of rotatable bonds is 5. The number of nitro benzene ring substituents is 1. The van der Waals surface area contributed by atoms with Crippen LogP contribution in [0, 0.1) is 17.0 Å². The second-order valence-corrected chi connectivity index (χ2v) is 5.82. The summed E-state index contributed by atoms with van der Waals surface area (Å²) in [4.78, 5) is 27.0. The normalized spacial score (nSPS) is 10.5. The molecule has 0 radical (unpaired) electrons. The quantitative estimate of drug-likeness (QED) is 0.548. The third kappa shape index (κ3) is 3.55. The molecule has 132 valence electrons. The van der Waals surface area contributed by atoms with Crippen molar-refractivity contribution in [3.8, 4) is 5.69 Å². The molecule has 2 aromatic carbocycles. The predicted octanol–water partition coefficient (Wildman–Crippen LogP) is 3.07. The minimum Gasteiger partial charge on any atom is -0.345 e. The smallest absolute Gasteiger partial charge is 0.291 e. The van der Waals surface area contributed by atoms with E-state index in [1.165, 1.54) is 10.7 Å². The monoisotopic (exact) mass is 371 g/mol. The van der Waals surface area contributed by atoms with Gasteiger partial charge in [0.1, 0.15) is 5.82 Å². The van der Waals surface area contributed by atoms with E-state index in [-0.39, 0.29) is 18.1 Å². The van der Waals surface area contributed by atoms with Crippen molar-refractivity contribution in [2.45, 2.75) is 13.5 Å². The summed E-state index contributed by atoms with van der Waals surface area (Å²) in [5.74, 6) is -0.0769. The van der Waals surface area contributed by atoms with Gasteiger partial charge in [0, 0.05) is 18.2 Å². The highest BCUT2D eigenvalue weighted by Crippen LogP contribution is 2.20. The number of benzene rings is 2. The summed E-state index contributed by atoms with van der Waals surface area (Å²) in [5.41, 5.74) is 0.948.